The van der Waals surface area contributed by atoms with Crippen molar-refractivity contribution in [2.75, 3.05) is 51.8 Å². The van der Waals surface area contributed by atoms with Gasteiger partial charge in [0, 0.05) is 37.9 Å². The van der Waals surface area contributed by atoms with Crippen LogP contribution in [0.25, 0.3) is 11.4 Å². The first-order chi connectivity index (χ1) is 12.5. The predicted octanol–water partition coefficient (Wildman–Crippen LogP) is 1.25. The highest BCUT2D eigenvalue weighted by molar-refractivity contribution is 5.88. The summed E-state index contributed by atoms with van der Waals surface area (Å²) >= 11 is 0. The third-order valence-electron chi connectivity index (χ3n) is 4.16. The van der Waals surface area contributed by atoms with Crippen molar-refractivity contribution in [2.45, 2.75) is 0 Å². The molecular formula is C18H23N5O3. The highest BCUT2D eigenvalue weighted by Crippen LogP contribution is 2.20. The minimum atomic E-state index is -0.987. The van der Waals surface area contributed by atoms with Crippen molar-refractivity contribution in [3.63, 3.8) is 0 Å². The van der Waals surface area contributed by atoms with Gasteiger partial charge in [-0.15, -0.1) is 0 Å². The lowest BCUT2D eigenvalue weighted by molar-refractivity contribution is 0.0697. The average Bonchev–Trinajstić information content (AvgIpc) is 2.87. The lowest BCUT2D eigenvalue weighted by Gasteiger charge is -2.25. The summed E-state index contributed by atoms with van der Waals surface area (Å²) in [6.45, 7) is 3.81. The van der Waals surface area contributed by atoms with E-state index in [9.17, 15) is 4.79 Å². The molecule has 0 radical (unpaired) electrons. The number of anilines is 1. The van der Waals surface area contributed by atoms with E-state index in [2.05, 4.69) is 24.8 Å². The SMILES string of the molecule is CN(C)CC1COCCN(c2nccc(-c3cc(C(=O)O)ccn3)n2)C1. The van der Waals surface area contributed by atoms with Crippen LogP contribution in [0, 0.1) is 5.92 Å². The van der Waals surface area contributed by atoms with Crippen molar-refractivity contribution >= 4 is 11.9 Å². The molecule has 0 bridgehead atoms. The number of nitrogens with zero attached hydrogens (tertiary/aromatic N) is 5. The van der Waals surface area contributed by atoms with Gasteiger partial charge in [0.2, 0.25) is 5.95 Å². The molecule has 1 unspecified atom stereocenters. The maximum Gasteiger partial charge on any atom is 0.335 e. The second-order valence-corrected chi connectivity index (χ2v) is 6.63. The average molecular weight is 357 g/mol. The van der Waals surface area contributed by atoms with Gasteiger partial charge in [0.1, 0.15) is 0 Å². The van der Waals surface area contributed by atoms with E-state index in [1.54, 1.807) is 12.3 Å². The lowest BCUT2D eigenvalue weighted by atomic mass is 10.1. The van der Waals surface area contributed by atoms with Gasteiger partial charge >= 0.3 is 5.97 Å². The number of carboxylic acids is 1. The molecule has 8 nitrogen and oxygen atoms in total. The van der Waals surface area contributed by atoms with Crippen LogP contribution in [0.2, 0.25) is 0 Å². The number of carboxylic acid groups (broad SMARTS) is 1. The molecule has 1 fully saturated rings. The first kappa shape index (κ1) is 18.2. The molecule has 8 heteroatoms. The van der Waals surface area contributed by atoms with Gasteiger partial charge in [0.15, 0.2) is 0 Å². The van der Waals surface area contributed by atoms with Crippen LogP contribution in [0.4, 0.5) is 5.95 Å². The Morgan fingerprint density at radius 1 is 1.31 bits per heavy atom. The normalized spacial score (nSPS) is 18.0. The smallest absolute Gasteiger partial charge is 0.335 e. The fourth-order valence-electron chi connectivity index (χ4n) is 3.04. The van der Waals surface area contributed by atoms with Crippen molar-refractivity contribution in [2.24, 2.45) is 5.92 Å². The van der Waals surface area contributed by atoms with Crippen LogP contribution >= 0.6 is 0 Å². The van der Waals surface area contributed by atoms with E-state index in [0.29, 0.717) is 29.9 Å². The predicted molar refractivity (Wildman–Crippen MR) is 97.3 cm³/mol. The molecule has 3 heterocycles. The van der Waals surface area contributed by atoms with E-state index in [-0.39, 0.29) is 5.56 Å². The quantitative estimate of drug-likeness (QED) is 0.855. The number of hydrogen-bond donors (Lipinski definition) is 1. The number of hydrogen-bond acceptors (Lipinski definition) is 7. The zero-order chi connectivity index (χ0) is 18.5. The van der Waals surface area contributed by atoms with Gasteiger partial charge in [-0.1, -0.05) is 0 Å². The number of ether oxygens (including phenoxy) is 1. The molecule has 0 aromatic carbocycles. The fraction of sp³-hybridized carbons (Fsp3) is 0.444. The van der Waals surface area contributed by atoms with E-state index >= 15 is 0 Å². The Bertz CT molecular complexity index is 768. The number of carbonyl (C=O) groups is 1. The van der Waals surface area contributed by atoms with Gasteiger partial charge in [-0.25, -0.2) is 14.8 Å². The molecule has 1 N–H and O–H groups in total. The van der Waals surface area contributed by atoms with E-state index in [1.807, 2.05) is 14.1 Å². The molecule has 1 atom stereocenters. The maximum absolute atomic E-state index is 11.2. The van der Waals surface area contributed by atoms with Crippen molar-refractivity contribution in [3.8, 4) is 11.4 Å². The molecule has 3 rings (SSSR count). The molecule has 0 aliphatic carbocycles. The summed E-state index contributed by atoms with van der Waals surface area (Å²) in [4.78, 5) is 28.7. The number of pyridine rings is 1. The van der Waals surface area contributed by atoms with E-state index < -0.39 is 5.97 Å². The standard InChI is InChI=1S/C18H23N5O3/c1-22(2)10-13-11-23(7-8-26-12-13)18-20-6-4-15(21-18)16-9-14(17(24)25)3-5-19-16/h3-6,9,13H,7-8,10-12H2,1-2H3,(H,24,25). The summed E-state index contributed by atoms with van der Waals surface area (Å²) < 4.78 is 5.72. The van der Waals surface area contributed by atoms with Crippen molar-refractivity contribution in [1.82, 2.24) is 19.9 Å². The molecule has 26 heavy (non-hydrogen) atoms. The third kappa shape index (κ3) is 4.53. The Hall–Kier alpha value is -2.58. The summed E-state index contributed by atoms with van der Waals surface area (Å²) in [6.07, 6.45) is 3.16. The Labute approximate surface area is 152 Å². The molecule has 0 amide bonds. The number of rotatable bonds is 5. The Morgan fingerprint density at radius 3 is 2.88 bits per heavy atom. The van der Waals surface area contributed by atoms with Crippen LogP contribution < -0.4 is 4.90 Å². The second kappa shape index (κ2) is 8.20. The first-order valence-corrected chi connectivity index (χ1v) is 8.53. The van der Waals surface area contributed by atoms with E-state index in [0.717, 1.165) is 26.2 Å². The molecule has 138 valence electrons. The summed E-state index contributed by atoms with van der Waals surface area (Å²) in [5.74, 6) is -0.00775. The maximum atomic E-state index is 11.2. The number of aromatic nitrogens is 3. The van der Waals surface area contributed by atoms with Gasteiger partial charge < -0.3 is 19.6 Å². The Kier molecular flexibility index (Phi) is 5.75. The van der Waals surface area contributed by atoms with E-state index in [4.69, 9.17) is 9.84 Å². The molecule has 1 aliphatic rings. The Balaban J connectivity index is 1.84. The molecule has 1 saturated heterocycles. The molecule has 0 spiro atoms. The minimum absolute atomic E-state index is 0.185. The summed E-state index contributed by atoms with van der Waals surface area (Å²) in [6, 6.07) is 4.73. The topological polar surface area (TPSA) is 91.7 Å². The van der Waals surface area contributed by atoms with Crippen LogP contribution in [0.1, 0.15) is 10.4 Å². The molecule has 2 aromatic heterocycles. The Morgan fingerprint density at radius 2 is 2.12 bits per heavy atom. The fourth-order valence-corrected chi connectivity index (χ4v) is 3.04. The van der Waals surface area contributed by atoms with Crippen LogP contribution in [0.15, 0.2) is 30.6 Å². The van der Waals surface area contributed by atoms with Crippen LogP contribution in [0.5, 0.6) is 0 Å². The lowest BCUT2D eigenvalue weighted by Crippen LogP contribution is -2.35. The van der Waals surface area contributed by atoms with Crippen molar-refractivity contribution in [3.05, 3.63) is 36.2 Å². The van der Waals surface area contributed by atoms with Gasteiger partial charge in [-0.3, -0.25) is 4.98 Å². The molecular weight excluding hydrogens is 334 g/mol. The van der Waals surface area contributed by atoms with Crippen LogP contribution in [0.3, 0.4) is 0 Å². The summed E-state index contributed by atoms with van der Waals surface area (Å²) in [7, 11) is 4.10. The zero-order valence-corrected chi connectivity index (χ0v) is 15.0. The highest BCUT2D eigenvalue weighted by atomic mass is 16.5. The van der Waals surface area contributed by atoms with Gasteiger partial charge in [0.05, 0.1) is 30.2 Å². The number of aromatic carboxylic acids is 1. The zero-order valence-electron chi connectivity index (χ0n) is 15.0. The third-order valence-corrected chi connectivity index (χ3v) is 4.16. The molecule has 2 aromatic rings. The van der Waals surface area contributed by atoms with Gasteiger partial charge in [-0.2, -0.15) is 0 Å². The van der Waals surface area contributed by atoms with Crippen molar-refractivity contribution in [1.29, 1.82) is 0 Å². The minimum Gasteiger partial charge on any atom is -0.478 e. The second-order valence-electron chi connectivity index (χ2n) is 6.63. The molecule has 1 aliphatic heterocycles. The van der Waals surface area contributed by atoms with Crippen LogP contribution in [-0.4, -0.2) is 77.9 Å². The highest BCUT2D eigenvalue weighted by Gasteiger charge is 2.21. The van der Waals surface area contributed by atoms with Gasteiger partial charge in [0.25, 0.3) is 0 Å². The molecule has 0 saturated carbocycles. The first-order valence-electron chi connectivity index (χ1n) is 8.53. The van der Waals surface area contributed by atoms with Crippen molar-refractivity contribution < 1.29 is 14.6 Å². The monoisotopic (exact) mass is 357 g/mol. The van der Waals surface area contributed by atoms with Crippen LogP contribution in [-0.2, 0) is 4.74 Å². The van der Waals surface area contributed by atoms with Gasteiger partial charge in [-0.05, 0) is 32.3 Å². The van der Waals surface area contributed by atoms with E-state index in [1.165, 1.54) is 18.3 Å². The summed E-state index contributed by atoms with van der Waals surface area (Å²) in [5.41, 5.74) is 1.31. The largest absolute Gasteiger partial charge is 0.478 e. The summed E-state index contributed by atoms with van der Waals surface area (Å²) in [5, 5.41) is 9.16.